The molecule has 0 aliphatic carbocycles. The molecule has 0 atom stereocenters. The summed E-state index contributed by atoms with van der Waals surface area (Å²) in [5, 5.41) is 0. The van der Waals surface area contributed by atoms with E-state index in [0.717, 1.165) is 5.57 Å². The highest BCUT2D eigenvalue weighted by Crippen LogP contribution is 2.39. The topological polar surface area (TPSA) is 27.7 Å². The van der Waals surface area contributed by atoms with Crippen molar-refractivity contribution in [2.75, 3.05) is 13.2 Å². The summed E-state index contributed by atoms with van der Waals surface area (Å²) < 4.78 is 30.8. The van der Waals surface area contributed by atoms with E-state index in [4.69, 9.17) is 14.0 Å². The molecular weight excluding hydrogens is 222 g/mol. The van der Waals surface area contributed by atoms with Gasteiger partial charge in [0.1, 0.15) is 5.73 Å². The summed E-state index contributed by atoms with van der Waals surface area (Å²) in [4.78, 5) is 0. The summed E-state index contributed by atoms with van der Waals surface area (Å²) in [5.41, 5.74) is -0.455. The maximum Gasteiger partial charge on any atom is 0.525 e. The van der Waals surface area contributed by atoms with Crippen LogP contribution in [-0.2, 0) is 14.0 Å². The molecule has 2 aliphatic heterocycles. The van der Waals surface area contributed by atoms with E-state index in [1.165, 1.54) is 0 Å². The predicted molar refractivity (Wildman–Crippen MR) is 64.3 cm³/mol. The summed E-state index contributed by atoms with van der Waals surface area (Å²) >= 11 is 0. The molecule has 3 nitrogen and oxygen atoms in total. The average Bonchev–Trinajstić information content (AvgIpc) is 2.48. The van der Waals surface area contributed by atoms with Gasteiger partial charge in [0.05, 0.1) is 24.4 Å². The van der Waals surface area contributed by atoms with Gasteiger partial charge in [0, 0.05) is 0 Å². The molecule has 2 saturated heterocycles. The molecule has 0 bridgehead atoms. The zero-order valence-corrected chi connectivity index (χ0v) is 11.0. The molecular formula is C12H20BFO3. The lowest BCUT2D eigenvalue weighted by molar-refractivity contribution is 0.00578. The molecule has 0 amide bonds. The SMILES string of the molecule is CC1(C)OB(C(F)=C2CCOCC2)OC1(C)C. The molecule has 5 heteroatoms. The fourth-order valence-electron chi connectivity index (χ4n) is 1.97. The molecule has 0 N–H and O–H groups in total. The Morgan fingerprint density at radius 2 is 1.53 bits per heavy atom. The van der Waals surface area contributed by atoms with Crippen LogP contribution in [0.15, 0.2) is 11.3 Å². The lowest BCUT2D eigenvalue weighted by Crippen LogP contribution is -2.41. The lowest BCUT2D eigenvalue weighted by atomic mass is 9.83. The third-order valence-corrected chi connectivity index (χ3v) is 3.89. The molecule has 2 rings (SSSR count). The Morgan fingerprint density at radius 1 is 1.06 bits per heavy atom. The van der Waals surface area contributed by atoms with Crippen LogP contribution in [0.1, 0.15) is 40.5 Å². The van der Waals surface area contributed by atoms with Crippen molar-refractivity contribution in [2.45, 2.75) is 51.7 Å². The first-order chi connectivity index (χ1) is 7.83. The van der Waals surface area contributed by atoms with Gasteiger partial charge in [0.25, 0.3) is 0 Å². The summed E-state index contributed by atoms with van der Waals surface area (Å²) in [6.45, 7) is 8.87. The zero-order valence-electron chi connectivity index (χ0n) is 11.0. The van der Waals surface area contributed by atoms with E-state index in [1.54, 1.807) is 0 Å². The van der Waals surface area contributed by atoms with E-state index < -0.39 is 18.3 Å². The van der Waals surface area contributed by atoms with Crippen molar-refractivity contribution in [3.8, 4) is 0 Å². The third-order valence-electron chi connectivity index (χ3n) is 3.89. The fraction of sp³-hybridized carbons (Fsp3) is 0.833. The van der Waals surface area contributed by atoms with Crippen molar-refractivity contribution in [3.05, 3.63) is 11.3 Å². The Morgan fingerprint density at radius 3 is 2.00 bits per heavy atom. The van der Waals surface area contributed by atoms with Gasteiger partial charge in [-0.05, 0) is 46.1 Å². The minimum Gasteiger partial charge on any atom is -0.398 e. The standard InChI is InChI=1S/C12H20BFO3/c1-11(2)12(3,4)17-13(16-11)10(14)9-5-7-15-8-6-9/h5-8H2,1-4H3. The maximum absolute atomic E-state index is 14.3. The van der Waals surface area contributed by atoms with Crippen molar-refractivity contribution < 1.29 is 18.4 Å². The van der Waals surface area contributed by atoms with E-state index in [0.29, 0.717) is 26.1 Å². The van der Waals surface area contributed by atoms with Crippen molar-refractivity contribution in [3.63, 3.8) is 0 Å². The molecule has 0 spiro atoms. The number of hydrogen-bond acceptors (Lipinski definition) is 3. The molecule has 2 aliphatic rings. The minimum atomic E-state index is -0.854. The van der Waals surface area contributed by atoms with E-state index in [-0.39, 0.29) is 5.73 Å². The zero-order chi connectivity index (χ0) is 12.7. The molecule has 0 aromatic carbocycles. The van der Waals surface area contributed by atoms with Gasteiger partial charge < -0.3 is 14.0 Å². The van der Waals surface area contributed by atoms with Crippen LogP contribution in [0.4, 0.5) is 4.39 Å². The number of rotatable bonds is 1. The maximum atomic E-state index is 14.3. The Labute approximate surface area is 102 Å². The normalized spacial score (nSPS) is 27.4. The van der Waals surface area contributed by atoms with Crippen LogP contribution < -0.4 is 0 Å². The average molecular weight is 242 g/mol. The van der Waals surface area contributed by atoms with Gasteiger partial charge in [-0.2, -0.15) is 0 Å². The van der Waals surface area contributed by atoms with E-state index in [9.17, 15) is 4.39 Å². The minimum absolute atomic E-state index is 0.257. The fourth-order valence-corrected chi connectivity index (χ4v) is 1.97. The Bertz CT molecular complexity index is 315. The first kappa shape index (κ1) is 13.1. The smallest absolute Gasteiger partial charge is 0.398 e. The largest absolute Gasteiger partial charge is 0.525 e. The van der Waals surface area contributed by atoms with Crippen LogP contribution in [0.3, 0.4) is 0 Å². The van der Waals surface area contributed by atoms with Gasteiger partial charge in [-0.15, -0.1) is 0 Å². The van der Waals surface area contributed by atoms with Crippen LogP contribution in [0.2, 0.25) is 0 Å². The first-order valence-corrected chi connectivity index (χ1v) is 6.14. The van der Waals surface area contributed by atoms with Crippen LogP contribution >= 0.6 is 0 Å². The third kappa shape index (κ3) is 2.42. The van der Waals surface area contributed by atoms with Crippen LogP contribution in [0.25, 0.3) is 0 Å². The molecule has 0 saturated carbocycles. The van der Waals surface area contributed by atoms with Crippen molar-refractivity contribution >= 4 is 7.12 Å². The molecule has 17 heavy (non-hydrogen) atoms. The molecule has 96 valence electrons. The molecule has 2 heterocycles. The highest BCUT2D eigenvalue weighted by molar-refractivity contribution is 6.53. The summed E-state index contributed by atoms with van der Waals surface area (Å²) in [7, 11) is -0.854. The van der Waals surface area contributed by atoms with Crippen LogP contribution in [0, 0.1) is 0 Å². The van der Waals surface area contributed by atoms with Gasteiger partial charge in [-0.1, -0.05) is 0 Å². The van der Waals surface area contributed by atoms with E-state index in [1.807, 2.05) is 27.7 Å². The van der Waals surface area contributed by atoms with Crippen molar-refractivity contribution in [1.82, 2.24) is 0 Å². The summed E-state index contributed by atoms with van der Waals surface area (Å²) in [5.74, 6) is 0. The molecule has 0 unspecified atom stereocenters. The van der Waals surface area contributed by atoms with Gasteiger partial charge in [-0.25, -0.2) is 4.39 Å². The van der Waals surface area contributed by atoms with Crippen molar-refractivity contribution in [1.29, 1.82) is 0 Å². The predicted octanol–water partition coefficient (Wildman–Crippen LogP) is 2.65. The second kappa shape index (κ2) is 4.37. The van der Waals surface area contributed by atoms with Crippen LogP contribution in [0.5, 0.6) is 0 Å². The Kier molecular flexibility index (Phi) is 3.36. The van der Waals surface area contributed by atoms with E-state index in [2.05, 4.69) is 0 Å². The highest BCUT2D eigenvalue weighted by Gasteiger charge is 2.53. The summed E-state index contributed by atoms with van der Waals surface area (Å²) in [6.07, 6.45) is 1.27. The molecule has 2 fully saturated rings. The Balaban J connectivity index is 2.15. The van der Waals surface area contributed by atoms with E-state index >= 15 is 0 Å². The van der Waals surface area contributed by atoms with Gasteiger partial charge in [-0.3, -0.25) is 0 Å². The molecule has 0 radical (unpaired) electrons. The first-order valence-electron chi connectivity index (χ1n) is 6.14. The van der Waals surface area contributed by atoms with Gasteiger partial charge >= 0.3 is 7.12 Å². The highest BCUT2D eigenvalue weighted by atomic mass is 19.1. The number of ether oxygens (including phenoxy) is 1. The lowest BCUT2D eigenvalue weighted by Gasteiger charge is -2.32. The van der Waals surface area contributed by atoms with Crippen LogP contribution in [-0.4, -0.2) is 31.5 Å². The summed E-state index contributed by atoms with van der Waals surface area (Å²) in [6, 6.07) is 0. The van der Waals surface area contributed by atoms with Gasteiger partial charge in [0.15, 0.2) is 0 Å². The second-order valence-corrected chi connectivity index (χ2v) is 5.65. The second-order valence-electron chi connectivity index (χ2n) is 5.65. The van der Waals surface area contributed by atoms with Crippen molar-refractivity contribution in [2.24, 2.45) is 0 Å². The monoisotopic (exact) mass is 242 g/mol. The Hall–Kier alpha value is -0.385. The van der Waals surface area contributed by atoms with Gasteiger partial charge in [0.2, 0.25) is 0 Å². The quantitative estimate of drug-likeness (QED) is 0.661. The molecule has 0 aromatic rings. The molecule has 0 aromatic heterocycles. The number of halogens is 1. The number of hydrogen-bond donors (Lipinski definition) is 0.